The van der Waals surface area contributed by atoms with Crippen LogP contribution in [-0.4, -0.2) is 34.3 Å². The number of hydrogen-bond donors (Lipinski definition) is 2. The number of ether oxygens (including phenoxy) is 2. The average Bonchev–Trinajstić information content (AvgIpc) is 3.05. The molecule has 3 aromatic rings. The maximum absolute atomic E-state index is 11.8. The van der Waals surface area contributed by atoms with Gasteiger partial charge in [-0.25, -0.2) is 9.78 Å². The molecule has 1 heterocycles. The molecule has 3 rings (SSSR count). The number of halogens is 1. The first-order chi connectivity index (χ1) is 13.4. The lowest BCUT2D eigenvalue weighted by molar-refractivity contribution is -0.131. The molecule has 0 saturated carbocycles. The van der Waals surface area contributed by atoms with Crippen molar-refractivity contribution in [3.63, 3.8) is 0 Å². The van der Waals surface area contributed by atoms with Crippen LogP contribution in [0.2, 0.25) is 5.02 Å². The number of fused-ring (bicyclic) bond motifs is 1. The Labute approximate surface area is 171 Å². The lowest BCUT2D eigenvalue weighted by Gasteiger charge is -2.15. The van der Waals surface area contributed by atoms with Gasteiger partial charge in [-0.1, -0.05) is 23.7 Å². The minimum atomic E-state index is -1.07. The smallest absolute Gasteiger partial charge is 0.342 e. The Hall–Kier alpha value is -2.64. The van der Waals surface area contributed by atoms with Crippen LogP contribution in [0.1, 0.15) is 19.4 Å². The Bertz CT molecular complexity index is 1010. The lowest BCUT2D eigenvalue weighted by atomic mass is 10.2. The monoisotopic (exact) mass is 418 g/mol. The third-order valence-corrected chi connectivity index (χ3v) is 4.87. The Kier molecular flexibility index (Phi) is 6.16. The molecule has 0 aliphatic heterocycles. The lowest BCUT2D eigenvalue weighted by Crippen LogP contribution is -2.07. The van der Waals surface area contributed by atoms with Crippen LogP contribution < -0.4 is 9.47 Å². The summed E-state index contributed by atoms with van der Waals surface area (Å²) in [7, 11) is 1.51. The maximum atomic E-state index is 11.8. The number of nitrogens with one attached hydrogen (secondary N) is 1. The Morgan fingerprint density at radius 3 is 2.71 bits per heavy atom. The molecule has 146 valence electrons. The van der Waals surface area contributed by atoms with E-state index in [0.717, 1.165) is 22.8 Å². The van der Waals surface area contributed by atoms with E-state index >= 15 is 0 Å². The van der Waals surface area contributed by atoms with Gasteiger partial charge in [-0.15, -0.1) is 0 Å². The molecule has 0 radical (unpaired) electrons. The van der Waals surface area contributed by atoms with Gasteiger partial charge in [-0.2, -0.15) is 0 Å². The summed E-state index contributed by atoms with van der Waals surface area (Å²) in [5.74, 6) is -0.202. The summed E-state index contributed by atoms with van der Waals surface area (Å²) in [5, 5.41) is 10.5. The van der Waals surface area contributed by atoms with Crippen molar-refractivity contribution in [1.82, 2.24) is 9.97 Å². The van der Waals surface area contributed by atoms with Crippen molar-refractivity contribution in [2.24, 2.45) is 0 Å². The largest absolute Gasteiger partial charge is 0.493 e. The van der Waals surface area contributed by atoms with Crippen molar-refractivity contribution in [3.05, 3.63) is 51.9 Å². The van der Waals surface area contributed by atoms with Gasteiger partial charge in [0.1, 0.15) is 4.91 Å². The van der Waals surface area contributed by atoms with Crippen LogP contribution in [-0.2, 0) is 4.79 Å². The second-order valence-corrected chi connectivity index (χ2v) is 7.61. The molecule has 0 fully saturated rings. The van der Waals surface area contributed by atoms with Crippen LogP contribution in [0.25, 0.3) is 17.1 Å². The highest BCUT2D eigenvalue weighted by molar-refractivity contribution is 8.04. The number of aromatic amines is 1. The van der Waals surface area contributed by atoms with Crippen molar-refractivity contribution in [3.8, 4) is 11.5 Å². The third-order valence-electron chi connectivity index (χ3n) is 3.69. The SMILES string of the molecule is COc1cc(/C=C(\Sc2nc3ccccc3[nH]2)C(=O)O)cc(Cl)c1OC(C)C. The highest BCUT2D eigenvalue weighted by Gasteiger charge is 2.16. The molecule has 0 aliphatic rings. The van der Waals surface area contributed by atoms with Gasteiger partial charge in [0.15, 0.2) is 16.7 Å². The second-order valence-electron chi connectivity index (χ2n) is 6.18. The first kappa shape index (κ1) is 20.1. The number of aliphatic carboxylic acids is 1. The van der Waals surface area contributed by atoms with Gasteiger partial charge in [0.05, 0.1) is 29.3 Å². The molecule has 0 spiro atoms. The molecule has 0 saturated heterocycles. The number of H-pyrrole nitrogens is 1. The molecule has 0 bridgehead atoms. The van der Waals surface area contributed by atoms with E-state index in [0.29, 0.717) is 27.2 Å². The molecule has 0 unspecified atom stereocenters. The fourth-order valence-electron chi connectivity index (χ4n) is 2.54. The molecule has 2 N–H and O–H groups in total. The standard InChI is InChI=1S/C20H19ClN2O4S/c1-11(2)27-18-13(21)8-12(9-16(18)26-3)10-17(19(24)25)28-20-22-14-6-4-5-7-15(14)23-20/h4-11H,1-3H3,(H,22,23)(H,24,25)/b17-10-. The number of hydrogen-bond acceptors (Lipinski definition) is 5. The van der Waals surface area contributed by atoms with Crippen molar-refractivity contribution >= 4 is 46.4 Å². The molecule has 1 aromatic heterocycles. The predicted octanol–water partition coefficient (Wildman–Crippen LogP) is 5.23. The van der Waals surface area contributed by atoms with Crippen LogP contribution >= 0.6 is 23.4 Å². The Morgan fingerprint density at radius 2 is 2.07 bits per heavy atom. The molecule has 0 atom stereocenters. The zero-order valence-electron chi connectivity index (χ0n) is 15.5. The topological polar surface area (TPSA) is 84.4 Å². The summed E-state index contributed by atoms with van der Waals surface area (Å²) >= 11 is 7.36. The van der Waals surface area contributed by atoms with Crippen LogP contribution in [0.3, 0.4) is 0 Å². The Morgan fingerprint density at radius 1 is 1.32 bits per heavy atom. The summed E-state index contributed by atoms with van der Waals surface area (Å²) in [6.07, 6.45) is 1.44. The van der Waals surface area contributed by atoms with Gasteiger partial charge in [0.25, 0.3) is 0 Å². The zero-order valence-corrected chi connectivity index (χ0v) is 17.1. The van der Waals surface area contributed by atoms with Gasteiger partial charge in [-0.05, 0) is 61.5 Å². The van der Waals surface area contributed by atoms with Crippen LogP contribution in [0.4, 0.5) is 0 Å². The molecular formula is C20H19ClN2O4S. The number of nitrogens with zero attached hydrogens (tertiary/aromatic N) is 1. The highest BCUT2D eigenvalue weighted by Crippen LogP contribution is 2.38. The summed E-state index contributed by atoms with van der Waals surface area (Å²) < 4.78 is 11.0. The number of methoxy groups -OCH3 is 1. The molecule has 28 heavy (non-hydrogen) atoms. The van der Waals surface area contributed by atoms with E-state index in [4.69, 9.17) is 21.1 Å². The number of imidazole rings is 1. The van der Waals surface area contributed by atoms with Crippen molar-refractivity contribution in [1.29, 1.82) is 0 Å². The quantitative estimate of drug-likeness (QED) is 0.403. The zero-order chi connectivity index (χ0) is 20.3. The summed E-state index contributed by atoms with van der Waals surface area (Å²) in [6, 6.07) is 10.8. The summed E-state index contributed by atoms with van der Waals surface area (Å²) in [5.41, 5.74) is 2.20. The normalized spacial score (nSPS) is 11.8. The Balaban J connectivity index is 1.95. The third kappa shape index (κ3) is 4.61. The minimum absolute atomic E-state index is 0.0778. The van der Waals surface area contributed by atoms with Gasteiger partial charge >= 0.3 is 5.97 Å². The average molecular weight is 419 g/mol. The van der Waals surface area contributed by atoms with E-state index in [9.17, 15) is 9.90 Å². The first-order valence-corrected chi connectivity index (χ1v) is 9.68. The van der Waals surface area contributed by atoms with Gasteiger partial charge in [0.2, 0.25) is 0 Å². The number of rotatable bonds is 7. The predicted molar refractivity (Wildman–Crippen MR) is 111 cm³/mol. The number of carboxylic acid groups (broad SMARTS) is 1. The number of aromatic nitrogens is 2. The number of carboxylic acids is 1. The maximum Gasteiger partial charge on any atom is 0.342 e. The fourth-order valence-corrected chi connectivity index (χ4v) is 3.60. The van der Waals surface area contributed by atoms with E-state index in [-0.39, 0.29) is 11.0 Å². The second kappa shape index (κ2) is 8.58. The van der Waals surface area contributed by atoms with Crippen LogP contribution in [0.5, 0.6) is 11.5 Å². The highest BCUT2D eigenvalue weighted by atomic mass is 35.5. The first-order valence-electron chi connectivity index (χ1n) is 8.49. The van der Waals surface area contributed by atoms with Gasteiger partial charge in [-0.3, -0.25) is 0 Å². The molecule has 0 aliphatic carbocycles. The van der Waals surface area contributed by atoms with E-state index in [1.807, 2.05) is 38.1 Å². The summed E-state index contributed by atoms with van der Waals surface area (Å²) in [4.78, 5) is 19.4. The van der Waals surface area contributed by atoms with E-state index in [1.165, 1.54) is 13.2 Å². The van der Waals surface area contributed by atoms with Crippen LogP contribution in [0.15, 0.2) is 46.5 Å². The van der Waals surface area contributed by atoms with Crippen LogP contribution in [0, 0.1) is 0 Å². The van der Waals surface area contributed by atoms with E-state index in [2.05, 4.69) is 9.97 Å². The van der Waals surface area contributed by atoms with Crippen molar-refractivity contribution in [2.75, 3.05) is 7.11 Å². The van der Waals surface area contributed by atoms with Crippen molar-refractivity contribution < 1.29 is 19.4 Å². The van der Waals surface area contributed by atoms with Crippen molar-refractivity contribution in [2.45, 2.75) is 25.1 Å². The van der Waals surface area contributed by atoms with Gasteiger partial charge in [0, 0.05) is 0 Å². The molecular weight excluding hydrogens is 400 g/mol. The minimum Gasteiger partial charge on any atom is -0.493 e. The summed E-state index contributed by atoms with van der Waals surface area (Å²) in [6.45, 7) is 3.77. The molecule has 0 amide bonds. The number of carbonyl (C=O) groups is 1. The number of para-hydroxylation sites is 2. The fraction of sp³-hybridized carbons (Fsp3) is 0.200. The number of benzene rings is 2. The molecule has 8 heteroatoms. The van der Waals surface area contributed by atoms with E-state index < -0.39 is 5.97 Å². The molecule has 6 nitrogen and oxygen atoms in total. The van der Waals surface area contributed by atoms with Gasteiger partial charge < -0.3 is 19.6 Å². The van der Waals surface area contributed by atoms with E-state index in [1.54, 1.807) is 12.1 Å². The molecule has 2 aromatic carbocycles. The number of thioether (sulfide) groups is 1.